The van der Waals surface area contributed by atoms with Crippen LogP contribution in [0.4, 0.5) is 0 Å². The molecule has 2 N–H and O–H groups in total. The molecule has 2 aromatic rings. The van der Waals surface area contributed by atoms with Gasteiger partial charge < -0.3 is 5.73 Å². The minimum absolute atomic E-state index is 0.00815. The molecule has 0 radical (unpaired) electrons. The number of aromatic nitrogens is 3. The van der Waals surface area contributed by atoms with Gasteiger partial charge in [-0.3, -0.25) is 0 Å². The normalized spacial score (nSPS) is 12.7. The quantitative estimate of drug-likeness (QED) is 0.856. The maximum Gasteiger partial charge on any atom is 0.137 e. The summed E-state index contributed by atoms with van der Waals surface area (Å²) in [7, 11) is 0. The van der Waals surface area contributed by atoms with Crippen molar-refractivity contribution < 1.29 is 0 Å². The molecule has 0 amide bonds. The minimum Gasteiger partial charge on any atom is -0.328 e. The molecule has 0 saturated carbocycles. The van der Waals surface area contributed by atoms with Crippen molar-refractivity contribution in [3.63, 3.8) is 0 Å². The molecule has 0 fully saturated rings. The van der Waals surface area contributed by atoms with Gasteiger partial charge in [-0.05, 0) is 17.7 Å². The number of hydrogen-bond donors (Lipinski definition) is 1. The average Bonchev–Trinajstić information content (AvgIpc) is 2.72. The summed E-state index contributed by atoms with van der Waals surface area (Å²) < 4.78 is 1.73. The molecule has 15 heavy (non-hydrogen) atoms. The fourth-order valence-electron chi connectivity index (χ4n) is 1.49. The molecule has 4 nitrogen and oxygen atoms in total. The number of halogens is 1. The molecule has 5 heteroatoms. The molecule has 0 aliphatic carbocycles. The van der Waals surface area contributed by atoms with Gasteiger partial charge in [0, 0.05) is 11.6 Å². The molecule has 0 spiro atoms. The molecule has 1 atom stereocenters. The highest BCUT2D eigenvalue weighted by Crippen LogP contribution is 2.19. The van der Waals surface area contributed by atoms with E-state index in [-0.39, 0.29) is 6.04 Å². The SMILES string of the molecule is NCC(c1cccc(Cl)c1)n1cncn1. The van der Waals surface area contributed by atoms with E-state index in [1.807, 2.05) is 24.3 Å². The molecular formula is C10H11ClN4. The van der Waals surface area contributed by atoms with E-state index in [9.17, 15) is 0 Å². The third-order valence-corrected chi connectivity index (χ3v) is 2.45. The highest BCUT2D eigenvalue weighted by molar-refractivity contribution is 6.30. The van der Waals surface area contributed by atoms with Crippen LogP contribution in [0, 0.1) is 0 Å². The van der Waals surface area contributed by atoms with Crippen molar-refractivity contribution in [2.45, 2.75) is 6.04 Å². The highest BCUT2D eigenvalue weighted by atomic mass is 35.5. The lowest BCUT2D eigenvalue weighted by atomic mass is 10.1. The summed E-state index contributed by atoms with van der Waals surface area (Å²) in [4.78, 5) is 3.90. The summed E-state index contributed by atoms with van der Waals surface area (Å²) in [5, 5.41) is 4.78. The largest absolute Gasteiger partial charge is 0.328 e. The molecule has 0 saturated heterocycles. The lowest BCUT2D eigenvalue weighted by Gasteiger charge is -2.15. The number of rotatable bonds is 3. The topological polar surface area (TPSA) is 56.7 Å². The van der Waals surface area contributed by atoms with Crippen LogP contribution in [-0.4, -0.2) is 21.3 Å². The molecular weight excluding hydrogens is 212 g/mol. The lowest BCUT2D eigenvalue weighted by molar-refractivity contribution is 0.530. The summed E-state index contributed by atoms with van der Waals surface area (Å²) in [6.45, 7) is 0.462. The second kappa shape index (κ2) is 4.42. The van der Waals surface area contributed by atoms with Crippen molar-refractivity contribution in [3.05, 3.63) is 47.5 Å². The second-order valence-electron chi connectivity index (χ2n) is 3.18. The Kier molecular flexibility index (Phi) is 2.99. The fourth-order valence-corrected chi connectivity index (χ4v) is 1.69. The van der Waals surface area contributed by atoms with Crippen molar-refractivity contribution in [2.75, 3.05) is 6.54 Å². The Morgan fingerprint density at radius 3 is 2.93 bits per heavy atom. The van der Waals surface area contributed by atoms with Crippen LogP contribution >= 0.6 is 11.6 Å². The fraction of sp³-hybridized carbons (Fsp3) is 0.200. The van der Waals surface area contributed by atoms with E-state index in [0.717, 1.165) is 5.56 Å². The third-order valence-electron chi connectivity index (χ3n) is 2.21. The first-order valence-electron chi connectivity index (χ1n) is 4.61. The van der Waals surface area contributed by atoms with Crippen LogP contribution in [0.25, 0.3) is 0 Å². The van der Waals surface area contributed by atoms with E-state index in [1.54, 1.807) is 11.0 Å². The predicted octanol–water partition coefficient (Wildman–Crippen LogP) is 1.48. The van der Waals surface area contributed by atoms with Crippen molar-refractivity contribution in [2.24, 2.45) is 5.73 Å². The number of hydrogen-bond acceptors (Lipinski definition) is 3. The monoisotopic (exact) mass is 222 g/mol. The Labute approximate surface area is 92.7 Å². The molecule has 78 valence electrons. The van der Waals surface area contributed by atoms with Gasteiger partial charge in [-0.15, -0.1) is 0 Å². The summed E-state index contributed by atoms with van der Waals surface area (Å²) in [6, 6.07) is 7.59. The zero-order valence-corrected chi connectivity index (χ0v) is 8.80. The van der Waals surface area contributed by atoms with Crippen LogP contribution in [0.5, 0.6) is 0 Å². The molecule has 1 aromatic carbocycles. The van der Waals surface area contributed by atoms with Gasteiger partial charge in [-0.25, -0.2) is 9.67 Å². The first-order valence-corrected chi connectivity index (χ1v) is 4.98. The molecule has 1 unspecified atom stereocenters. The van der Waals surface area contributed by atoms with Crippen LogP contribution in [0.15, 0.2) is 36.9 Å². The van der Waals surface area contributed by atoms with Crippen LogP contribution < -0.4 is 5.73 Å². The summed E-state index contributed by atoms with van der Waals surface area (Å²) in [6.07, 6.45) is 3.14. The van der Waals surface area contributed by atoms with Gasteiger partial charge in [-0.2, -0.15) is 5.10 Å². The summed E-state index contributed by atoms with van der Waals surface area (Å²) in [5.74, 6) is 0. The van der Waals surface area contributed by atoms with E-state index in [1.165, 1.54) is 6.33 Å². The van der Waals surface area contributed by atoms with Crippen LogP contribution in [0.2, 0.25) is 5.02 Å². The molecule has 0 aliphatic heterocycles. The van der Waals surface area contributed by atoms with Crippen molar-refractivity contribution in [3.8, 4) is 0 Å². The maximum atomic E-state index is 5.92. The van der Waals surface area contributed by atoms with Crippen LogP contribution in [0.1, 0.15) is 11.6 Å². The number of nitrogens with zero attached hydrogens (tertiary/aromatic N) is 3. The van der Waals surface area contributed by atoms with E-state index in [0.29, 0.717) is 11.6 Å². The minimum atomic E-state index is -0.00815. The smallest absolute Gasteiger partial charge is 0.137 e. The van der Waals surface area contributed by atoms with Crippen LogP contribution in [0.3, 0.4) is 0 Å². The van der Waals surface area contributed by atoms with Gasteiger partial charge in [-0.1, -0.05) is 23.7 Å². The van der Waals surface area contributed by atoms with E-state index in [2.05, 4.69) is 10.1 Å². The van der Waals surface area contributed by atoms with E-state index in [4.69, 9.17) is 17.3 Å². The molecule has 1 heterocycles. The Balaban J connectivity index is 2.35. The number of benzene rings is 1. The Morgan fingerprint density at radius 2 is 2.33 bits per heavy atom. The average molecular weight is 223 g/mol. The van der Waals surface area contributed by atoms with E-state index < -0.39 is 0 Å². The van der Waals surface area contributed by atoms with Gasteiger partial charge in [0.2, 0.25) is 0 Å². The van der Waals surface area contributed by atoms with E-state index >= 15 is 0 Å². The van der Waals surface area contributed by atoms with Crippen molar-refractivity contribution in [1.82, 2.24) is 14.8 Å². The number of nitrogens with two attached hydrogens (primary N) is 1. The van der Waals surface area contributed by atoms with Crippen molar-refractivity contribution in [1.29, 1.82) is 0 Å². The molecule has 2 rings (SSSR count). The Hall–Kier alpha value is -1.39. The zero-order valence-electron chi connectivity index (χ0n) is 8.05. The van der Waals surface area contributed by atoms with Gasteiger partial charge >= 0.3 is 0 Å². The van der Waals surface area contributed by atoms with Crippen LogP contribution in [-0.2, 0) is 0 Å². The van der Waals surface area contributed by atoms with Gasteiger partial charge in [0.15, 0.2) is 0 Å². The second-order valence-corrected chi connectivity index (χ2v) is 3.62. The molecule has 1 aromatic heterocycles. The molecule has 0 aliphatic rings. The Morgan fingerprint density at radius 1 is 1.47 bits per heavy atom. The van der Waals surface area contributed by atoms with Gasteiger partial charge in [0.25, 0.3) is 0 Å². The standard InChI is InChI=1S/C10H11ClN4/c11-9-3-1-2-8(4-9)10(5-12)15-7-13-6-14-15/h1-4,6-7,10H,5,12H2. The molecule has 0 bridgehead atoms. The van der Waals surface area contributed by atoms with Gasteiger partial charge in [0.1, 0.15) is 12.7 Å². The third kappa shape index (κ3) is 2.16. The zero-order chi connectivity index (χ0) is 10.7. The Bertz CT molecular complexity index is 427. The highest BCUT2D eigenvalue weighted by Gasteiger charge is 2.12. The maximum absolute atomic E-state index is 5.92. The lowest BCUT2D eigenvalue weighted by Crippen LogP contribution is -2.20. The van der Waals surface area contributed by atoms with Gasteiger partial charge in [0.05, 0.1) is 6.04 Å². The predicted molar refractivity (Wildman–Crippen MR) is 58.7 cm³/mol. The first kappa shape index (κ1) is 10.1. The summed E-state index contributed by atoms with van der Waals surface area (Å²) >= 11 is 5.92. The first-order chi connectivity index (χ1) is 7.31. The summed E-state index contributed by atoms with van der Waals surface area (Å²) in [5.41, 5.74) is 6.75. The van der Waals surface area contributed by atoms with Crippen molar-refractivity contribution >= 4 is 11.6 Å².